The van der Waals surface area contributed by atoms with Crippen molar-refractivity contribution < 1.29 is 22.4 Å². The lowest BCUT2D eigenvalue weighted by molar-refractivity contribution is -0.137. The van der Waals surface area contributed by atoms with Gasteiger partial charge in [-0.1, -0.05) is 19.1 Å². The highest BCUT2D eigenvalue weighted by atomic mass is 19.4. The molecule has 0 radical (unpaired) electrons. The number of hydrogen-bond acceptors (Lipinski definition) is 5. The van der Waals surface area contributed by atoms with Crippen LogP contribution in [0.2, 0.25) is 0 Å². The Kier molecular flexibility index (Phi) is 6.76. The molecular weight excluding hydrogens is 450 g/mol. The Morgan fingerprint density at radius 2 is 1.88 bits per heavy atom. The molecule has 1 amide bonds. The first-order valence-electron chi connectivity index (χ1n) is 10.9. The third kappa shape index (κ3) is 5.00. The Morgan fingerprint density at radius 1 is 1.12 bits per heavy atom. The molecule has 3 aromatic rings. The molecule has 2 aromatic heterocycles. The number of nitrogens with zero attached hydrogens (tertiary/aromatic N) is 4. The Bertz CT molecular complexity index is 1140. The minimum atomic E-state index is -4.47. The van der Waals surface area contributed by atoms with Crippen molar-refractivity contribution in [3.05, 3.63) is 71.9 Å². The molecule has 1 N–H and O–H groups in total. The number of nitrogens with one attached hydrogen (secondary N) is 1. The molecule has 2 atom stereocenters. The molecule has 3 heterocycles. The average Bonchev–Trinajstić information content (AvgIpc) is 2.83. The molecule has 1 aliphatic rings. The fourth-order valence-electron chi connectivity index (χ4n) is 4.20. The molecule has 0 aliphatic carbocycles. The number of piperidine rings is 1. The van der Waals surface area contributed by atoms with E-state index >= 15 is 0 Å². The second kappa shape index (κ2) is 9.74. The number of carbonyl (C=O) groups is 1. The summed E-state index contributed by atoms with van der Waals surface area (Å²) in [5, 5.41) is 3.03. The van der Waals surface area contributed by atoms with E-state index in [9.17, 15) is 22.4 Å². The number of halogens is 4. The van der Waals surface area contributed by atoms with E-state index in [0.29, 0.717) is 12.1 Å². The van der Waals surface area contributed by atoms with Crippen molar-refractivity contribution in [1.29, 1.82) is 0 Å². The number of likely N-dealkylation sites (tertiary alicyclic amines) is 1. The molecule has 2 unspecified atom stereocenters. The Hall–Kier alpha value is -3.56. The van der Waals surface area contributed by atoms with Gasteiger partial charge in [-0.3, -0.25) is 4.79 Å². The monoisotopic (exact) mass is 473 g/mol. The van der Waals surface area contributed by atoms with Gasteiger partial charge in [0.15, 0.2) is 5.82 Å². The van der Waals surface area contributed by atoms with Crippen molar-refractivity contribution in [3.8, 4) is 11.4 Å². The molecule has 0 bridgehead atoms. The highest BCUT2D eigenvalue weighted by molar-refractivity contribution is 6.00. The van der Waals surface area contributed by atoms with Crippen LogP contribution in [0.5, 0.6) is 0 Å². The predicted octanol–water partition coefficient (Wildman–Crippen LogP) is 5.05. The first-order chi connectivity index (χ1) is 16.3. The van der Waals surface area contributed by atoms with Gasteiger partial charge in [0.25, 0.3) is 5.91 Å². The lowest BCUT2D eigenvalue weighted by Gasteiger charge is -2.40. The molecule has 1 aromatic carbocycles. The number of pyridine rings is 1. The first-order valence-corrected chi connectivity index (χ1v) is 10.9. The van der Waals surface area contributed by atoms with Crippen LogP contribution in [-0.2, 0) is 6.18 Å². The molecule has 6 nitrogen and oxygen atoms in total. The van der Waals surface area contributed by atoms with Crippen LogP contribution in [0.1, 0.15) is 35.7 Å². The van der Waals surface area contributed by atoms with Crippen molar-refractivity contribution in [2.45, 2.75) is 32.0 Å². The van der Waals surface area contributed by atoms with E-state index in [4.69, 9.17) is 0 Å². The van der Waals surface area contributed by atoms with Crippen molar-refractivity contribution in [1.82, 2.24) is 19.9 Å². The number of carbonyl (C=O) groups excluding carboxylic acids is 1. The maximum atomic E-state index is 14.9. The van der Waals surface area contributed by atoms with Crippen molar-refractivity contribution >= 4 is 11.7 Å². The van der Waals surface area contributed by atoms with E-state index in [1.807, 2.05) is 6.92 Å². The van der Waals surface area contributed by atoms with E-state index in [2.05, 4.69) is 20.3 Å². The van der Waals surface area contributed by atoms with Gasteiger partial charge in [0.2, 0.25) is 0 Å². The molecule has 0 saturated carbocycles. The van der Waals surface area contributed by atoms with Gasteiger partial charge in [0.1, 0.15) is 11.6 Å². The second-order valence-corrected chi connectivity index (χ2v) is 8.23. The number of benzene rings is 1. The SMILES string of the molecule is CC1CCCN(C(=O)c2c(F)cccc2-c2ncccn2)C1CNc1ccc(C(F)(F)F)cn1. The summed E-state index contributed by atoms with van der Waals surface area (Å²) in [4.78, 5) is 27.4. The number of amides is 1. The smallest absolute Gasteiger partial charge is 0.368 e. The topological polar surface area (TPSA) is 71.0 Å². The Balaban J connectivity index is 1.58. The largest absolute Gasteiger partial charge is 0.417 e. The zero-order valence-electron chi connectivity index (χ0n) is 18.4. The lowest BCUT2D eigenvalue weighted by atomic mass is 9.89. The minimum Gasteiger partial charge on any atom is -0.368 e. The summed E-state index contributed by atoms with van der Waals surface area (Å²) < 4.78 is 53.3. The summed E-state index contributed by atoms with van der Waals surface area (Å²) in [6, 6.07) is 7.87. The van der Waals surface area contributed by atoms with Crippen LogP contribution >= 0.6 is 0 Å². The van der Waals surface area contributed by atoms with Gasteiger partial charge in [-0.25, -0.2) is 19.3 Å². The third-order valence-corrected chi connectivity index (χ3v) is 5.99. The summed E-state index contributed by atoms with van der Waals surface area (Å²) in [5.41, 5.74) is -0.628. The van der Waals surface area contributed by atoms with Gasteiger partial charge in [-0.2, -0.15) is 13.2 Å². The predicted molar refractivity (Wildman–Crippen MR) is 118 cm³/mol. The van der Waals surface area contributed by atoms with Gasteiger partial charge in [0.05, 0.1) is 17.2 Å². The van der Waals surface area contributed by atoms with Crippen molar-refractivity contribution in [2.24, 2.45) is 5.92 Å². The summed E-state index contributed by atoms with van der Waals surface area (Å²) in [7, 11) is 0. The molecule has 1 saturated heterocycles. The number of hydrogen-bond donors (Lipinski definition) is 1. The van der Waals surface area contributed by atoms with Crippen molar-refractivity contribution in [3.63, 3.8) is 0 Å². The fourth-order valence-corrected chi connectivity index (χ4v) is 4.20. The Labute approximate surface area is 194 Å². The van der Waals surface area contributed by atoms with E-state index in [1.165, 1.54) is 30.6 Å². The number of alkyl halides is 3. The quantitative estimate of drug-likeness (QED) is 0.525. The molecule has 178 valence electrons. The second-order valence-electron chi connectivity index (χ2n) is 8.23. The van der Waals surface area contributed by atoms with E-state index in [0.717, 1.165) is 25.1 Å². The van der Waals surface area contributed by atoms with Gasteiger partial charge in [-0.05, 0) is 43.0 Å². The van der Waals surface area contributed by atoms with Gasteiger partial charge >= 0.3 is 6.18 Å². The maximum absolute atomic E-state index is 14.9. The molecule has 10 heteroatoms. The van der Waals surface area contributed by atoms with Crippen LogP contribution < -0.4 is 5.32 Å². The molecule has 0 spiro atoms. The molecule has 34 heavy (non-hydrogen) atoms. The van der Waals surface area contributed by atoms with Crippen LogP contribution in [-0.4, -0.2) is 44.9 Å². The summed E-state index contributed by atoms with van der Waals surface area (Å²) >= 11 is 0. The summed E-state index contributed by atoms with van der Waals surface area (Å²) in [5.74, 6) is -0.534. The van der Waals surface area contributed by atoms with Gasteiger partial charge in [-0.15, -0.1) is 0 Å². The lowest BCUT2D eigenvalue weighted by Crippen LogP contribution is -2.51. The zero-order valence-corrected chi connectivity index (χ0v) is 18.4. The third-order valence-electron chi connectivity index (χ3n) is 5.99. The van der Waals surface area contributed by atoms with Crippen LogP contribution in [0, 0.1) is 11.7 Å². The normalized spacial score (nSPS) is 18.6. The molecule has 4 rings (SSSR count). The van der Waals surface area contributed by atoms with Crippen LogP contribution in [0.25, 0.3) is 11.4 Å². The maximum Gasteiger partial charge on any atom is 0.417 e. The highest BCUT2D eigenvalue weighted by Crippen LogP contribution is 2.31. The van der Waals surface area contributed by atoms with Gasteiger partial charge < -0.3 is 10.2 Å². The van der Waals surface area contributed by atoms with Crippen LogP contribution in [0.3, 0.4) is 0 Å². The van der Waals surface area contributed by atoms with E-state index in [1.54, 1.807) is 17.0 Å². The highest BCUT2D eigenvalue weighted by Gasteiger charge is 2.35. The fraction of sp³-hybridized carbons (Fsp3) is 0.333. The van der Waals surface area contributed by atoms with Crippen LogP contribution in [0.15, 0.2) is 55.0 Å². The van der Waals surface area contributed by atoms with E-state index < -0.39 is 23.5 Å². The molecular formula is C24H23F4N5O. The average molecular weight is 473 g/mol. The number of aromatic nitrogens is 3. The Morgan fingerprint density at radius 3 is 2.56 bits per heavy atom. The number of rotatable bonds is 5. The van der Waals surface area contributed by atoms with Crippen molar-refractivity contribution in [2.75, 3.05) is 18.4 Å². The number of anilines is 1. The van der Waals surface area contributed by atoms with Gasteiger partial charge in [0, 0.05) is 37.2 Å². The van der Waals surface area contributed by atoms with Crippen LogP contribution in [0.4, 0.5) is 23.4 Å². The van der Waals surface area contributed by atoms with E-state index in [-0.39, 0.29) is 35.7 Å². The molecule has 1 aliphatic heterocycles. The summed E-state index contributed by atoms with van der Waals surface area (Å²) in [6.45, 7) is 2.69. The zero-order chi connectivity index (χ0) is 24.3. The minimum absolute atomic E-state index is 0.0860. The summed E-state index contributed by atoms with van der Waals surface area (Å²) in [6.07, 6.45) is 0.964. The first kappa shape index (κ1) is 23.6. The molecule has 1 fully saturated rings. The standard InChI is InChI=1S/C24H23F4N5O/c1-15-5-3-12-33(19(15)14-32-20-9-8-16(13-31-20)24(26,27)28)23(34)21-17(6-2-7-18(21)25)22-29-10-4-11-30-22/h2,4,6-11,13,15,19H,3,5,12,14H2,1H3,(H,31,32).